The Morgan fingerprint density at radius 2 is 2.33 bits per heavy atom. The quantitative estimate of drug-likeness (QED) is 0.712. The smallest absolute Gasteiger partial charge is 0.257 e. The third kappa shape index (κ3) is 1.56. The van der Waals surface area contributed by atoms with Crippen LogP contribution >= 0.6 is 0 Å². The molecule has 0 fully saturated rings. The monoisotopic (exact) mass is 206 g/mol. The first kappa shape index (κ1) is 10.3. The third-order valence-corrected chi connectivity index (χ3v) is 3.22. The Bertz CT molecular complexity index is 355. The van der Waals surface area contributed by atoms with Crippen molar-refractivity contribution in [3.63, 3.8) is 0 Å². The molecule has 0 saturated carbocycles. The highest BCUT2D eigenvalue weighted by Crippen LogP contribution is 2.27. The van der Waals surface area contributed by atoms with Gasteiger partial charge in [-0.15, -0.1) is 0 Å². The molecule has 1 amide bonds. The van der Waals surface area contributed by atoms with Gasteiger partial charge in [-0.05, 0) is 39.2 Å². The first-order chi connectivity index (χ1) is 7.15. The standard InChI is InChI=1S/C12H18N2O/c1-4-10-9(3)13-11-7-5-6-8(2)14(11)12(10)15/h7-8,13H,4-6H2,1-3H3. The van der Waals surface area contributed by atoms with Crippen LogP contribution in [-0.4, -0.2) is 16.8 Å². The molecule has 2 heterocycles. The summed E-state index contributed by atoms with van der Waals surface area (Å²) < 4.78 is 0. The second-order valence-electron chi connectivity index (χ2n) is 4.27. The number of fused-ring (bicyclic) bond motifs is 1. The molecule has 0 aliphatic carbocycles. The maximum absolute atomic E-state index is 12.2. The van der Waals surface area contributed by atoms with Crippen molar-refractivity contribution in [3.8, 4) is 0 Å². The van der Waals surface area contributed by atoms with Crippen LogP contribution < -0.4 is 5.32 Å². The number of nitrogens with one attached hydrogen (secondary N) is 1. The van der Waals surface area contributed by atoms with E-state index in [1.165, 1.54) is 0 Å². The molecule has 0 aromatic rings. The zero-order valence-electron chi connectivity index (χ0n) is 9.63. The summed E-state index contributed by atoms with van der Waals surface area (Å²) in [5.41, 5.74) is 1.93. The number of allylic oxidation sites excluding steroid dienone is 2. The molecule has 15 heavy (non-hydrogen) atoms. The highest BCUT2D eigenvalue weighted by molar-refractivity contribution is 5.96. The zero-order chi connectivity index (χ0) is 11.0. The molecule has 3 heteroatoms. The average Bonchev–Trinajstić information content (AvgIpc) is 2.17. The largest absolute Gasteiger partial charge is 0.345 e. The van der Waals surface area contributed by atoms with Crippen molar-refractivity contribution < 1.29 is 4.79 Å². The Labute approximate surface area is 90.8 Å². The number of hydrogen-bond acceptors (Lipinski definition) is 2. The number of nitrogens with zero attached hydrogens (tertiary/aromatic N) is 1. The molecule has 1 unspecified atom stereocenters. The van der Waals surface area contributed by atoms with Crippen LogP contribution in [0, 0.1) is 0 Å². The minimum Gasteiger partial charge on any atom is -0.345 e. The molecule has 0 spiro atoms. The van der Waals surface area contributed by atoms with Crippen LogP contribution in [0.2, 0.25) is 0 Å². The summed E-state index contributed by atoms with van der Waals surface area (Å²) in [4.78, 5) is 14.1. The van der Waals surface area contributed by atoms with Crippen molar-refractivity contribution in [3.05, 3.63) is 23.2 Å². The minimum atomic E-state index is 0.187. The summed E-state index contributed by atoms with van der Waals surface area (Å²) in [6, 6.07) is 0.319. The molecule has 0 saturated heterocycles. The summed E-state index contributed by atoms with van der Waals surface area (Å²) in [5, 5.41) is 3.33. The molecular formula is C12H18N2O. The van der Waals surface area contributed by atoms with E-state index < -0.39 is 0 Å². The molecule has 0 bridgehead atoms. The van der Waals surface area contributed by atoms with Crippen molar-refractivity contribution in [2.24, 2.45) is 0 Å². The lowest BCUT2D eigenvalue weighted by molar-refractivity contribution is -0.128. The van der Waals surface area contributed by atoms with Crippen molar-refractivity contribution in [2.75, 3.05) is 0 Å². The molecule has 0 aromatic heterocycles. The molecule has 1 N–H and O–H groups in total. The second-order valence-corrected chi connectivity index (χ2v) is 4.27. The van der Waals surface area contributed by atoms with Gasteiger partial charge >= 0.3 is 0 Å². The molecule has 0 aromatic carbocycles. The molecule has 2 rings (SSSR count). The SMILES string of the molecule is CCC1=C(C)NC2=CCCC(C)N2C1=O. The normalized spacial score (nSPS) is 26.1. The fourth-order valence-corrected chi connectivity index (χ4v) is 2.34. The number of rotatable bonds is 1. The Morgan fingerprint density at radius 3 is 3.00 bits per heavy atom. The highest BCUT2D eigenvalue weighted by atomic mass is 16.2. The van der Waals surface area contributed by atoms with Crippen LogP contribution in [0.15, 0.2) is 23.2 Å². The summed E-state index contributed by atoms with van der Waals surface area (Å²) >= 11 is 0. The summed E-state index contributed by atoms with van der Waals surface area (Å²) in [6.45, 7) is 6.12. The maximum atomic E-state index is 12.2. The van der Waals surface area contributed by atoms with E-state index >= 15 is 0 Å². The van der Waals surface area contributed by atoms with Crippen LogP contribution in [0.3, 0.4) is 0 Å². The predicted molar refractivity (Wildman–Crippen MR) is 59.8 cm³/mol. The molecule has 3 nitrogen and oxygen atoms in total. The minimum absolute atomic E-state index is 0.187. The third-order valence-electron chi connectivity index (χ3n) is 3.22. The van der Waals surface area contributed by atoms with E-state index in [-0.39, 0.29) is 5.91 Å². The first-order valence-corrected chi connectivity index (χ1v) is 5.65. The summed E-state index contributed by atoms with van der Waals surface area (Å²) in [7, 11) is 0. The Morgan fingerprint density at radius 1 is 1.60 bits per heavy atom. The zero-order valence-corrected chi connectivity index (χ0v) is 9.63. The fourth-order valence-electron chi connectivity index (χ4n) is 2.34. The van der Waals surface area contributed by atoms with Crippen LogP contribution in [0.1, 0.15) is 40.0 Å². The van der Waals surface area contributed by atoms with Gasteiger partial charge in [0, 0.05) is 17.3 Å². The van der Waals surface area contributed by atoms with Gasteiger partial charge in [0.15, 0.2) is 0 Å². The van der Waals surface area contributed by atoms with E-state index in [0.29, 0.717) is 6.04 Å². The van der Waals surface area contributed by atoms with E-state index in [9.17, 15) is 4.79 Å². The van der Waals surface area contributed by atoms with E-state index in [2.05, 4.69) is 18.3 Å². The van der Waals surface area contributed by atoms with Crippen molar-refractivity contribution >= 4 is 5.91 Å². The van der Waals surface area contributed by atoms with Gasteiger partial charge in [-0.3, -0.25) is 9.69 Å². The van der Waals surface area contributed by atoms with E-state index in [1.54, 1.807) is 0 Å². The molecule has 82 valence electrons. The second kappa shape index (κ2) is 3.72. The molecular weight excluding hydrogens is 188 g/mol. The fraction of sp³-hybridized carbons (Fsp3) is 0.583. The Hall–Kier alpha value is -1.25. The van der Waals surface area contributed by atoms with Gasteiger partial charge < -0.3 is 5.32 Å². The molecule has 2 aliphatic heterocycles. The number of carbonyl (C=O) groups is 1. The van der Waals surface area contributed by atoms with Gasteiger partial charge in [-0.2, -0.15) is 0 Å². The van der Waals surface area contributed by atoms with Crippen molar-refractivity contribution in [2.45, 2.75) is 46.1 Å². The Kier molecular flexibility index (Phi) is 2.55. The van der Waals surface area contributed by atoms with Crippen LogP contribution in [0.25, 0.3) is 0 Å². The number of carbonyl (C=O) groups excluding carboxylic acids is 1. The van der Waals surface area contributed by atoms with Gasteiger partial charge in [0.1, 0.15) is 5.82 Å². The van der Waals surface area contributed by atoms with Gasteiger partial charge in [0.2, 0.25) is 0 Å². The summed E-state index contributed by atoms with van der Waals surface area (Å²) in [5.74, 6) is 1.17. The summed E-state index contributed by atoms with van der Waals surface area (Å²) in [6.07, 6.45) is 5.04. The predicted octanol–water partition coefficient (Wildman–Crippen LogP) is 2.13. The first-order valence-electron chi connectivity index (χ1n) is 5.65. The van der Waals surface area contributed by atoms with Crippen LogP contribution in [0.4, 0.5) is 0 Å². The van der Waals surface area contributed by atoms with Gasteiger partial charge in [0.25, 0.3) is 5.91 Å². The van der Waals surface area contributed by atoms with Gasteiger partial charge in [-0.25, -0.2) is 0 Å². The average molecular weight is 206 g/mol. The number of hydrogen-bond donors (Lipinski definition) is 1. The van der Waals surface area contributed by atoms with Crippen molar-refractivity contribution in [1.29, 1.82) is 0 Å². The lowest BCUT2D eigenvalue weighted by Crippen LogP contribution is -2.48. The van der Waals surface area contributed by atoms with Gasteiger partial charge in [-0.1, -0.05) is 6.92 Å². The molecule has 0 radical (unpaired) electrons. The maximum Gasteiger partial charge on any atom is 0.257 e. The van der Waals surface area contributed by atoms with E-state index in [0.717, 1.165) is 36.4 Å². The lowest BCUT2D eigenvalue weighted by atomic mass is 10.0. The lowest BCUT2D eigenvalue weighted by Gasteiger charge is -2.39. The molecule has 1 atom stereocenters. The van der Waals surface area contributed by atoms with E-state index in [4.69, 9.17) is 0 Å². The highest BCUT2D eigenvalue weighted by Gasteiger charge is 2.32. The van der Waals surface area contributed by atoms with Crippen molar-refractivity contribution in [1.82, 2.24) is 10.2 Å². The van der Waals surface area contributed by atoms with Gasteiger partial charge in [0.05, 0.1) is 0 Å². The van der Waals surface area contributed by atoms with Crippen LogP contribution in [-0.2, 0) is 4.79 Å². The van der Waals surface area contributed by atoms with E-state index in [1.807, 2.05) is 18.7 Å². The number of amides is 1. The molecule has 2 aliphatic rings. The topological polar surface area (TPSA) is 32.3 Å². The van der Waals surface area contributed by atoms with Crippen LogP contribution in [0.5, 0.6) is 0 Å². The Balaban J connectivity index is 2.40.